The van der Waals surface area contributed by atoms with Gasteiger partial charge in [0, 0.05) is 11.8 Å². The van der Waals surface area contributed by atoms with Gasteiger partial charge in [-0.05, 0) is 41.7 Å². The monoisotopic (exact) mass is 222 g/mol. The van der Waals surface area contributed by atoms with Gasteiger partial charge in [-0.25, -0.2) is 0 Å². The van der Waals surface area contributed by atoms with Crippen LogP contribution in [0.4, 0.5) is 0 Å². The van der Waals surface area contributed by atoms with Gasteiger partial charge < -0.3 is 0 Å². The molecule has 0 atom stereocenters. The molecule has 0 aromatic carbocycles. The van der Waals surface area contributed by atoms with Gasteiger partial charge in [-0.1, -0.05) is 19.8 Å². The van der Waals surface area contributed by atoms with Gasteiger partial charge in [-0.2, -0.15) is 11.3 Å². The number of Topliss-reactive ketones (excluding diaryl/α,β-unsaturated/α-hetero) is 1. The molecule has 2 heteroatoms. The van der Waals surface area contributed by atoms with Crippen molar-refractivity contribution in [2.24, 2.45) is 5.41 Å². The lowest BCUT2D eigenvalue weighted by atomic mass is 9.77. The molecule has 1 aromatic heterocycles. The molecule has 0 unspecified atom stereocenters. The standard InChI is InChI=1S/C13H18OS/c1-2-13(6-3-4-7-13)12(14)9-11-5-8-15-10-11/h5,8,10H,2-4,6-7,9H2,1H3. The highest BCUT2D eigenvalue weighted by atomic mass is 32.1. The highest BCUT2D eigenvalue weighted by molar-refractivity contribution is 7.07. The van der Waals surface area contributed by atoms with Crippen LogP contribution >= 0.6 is 11.3 Å². The van der Waals surface area contributed by atoms with Crippen LogP contribution < -0.4 is 0 Å². The van der Waals surface area contributed by atoms with Crippen LogP contribution in [0.25, 0.3) is 0 Å². The summed E-state index contributed by atoms with van der Waals surface area (Å²) in [5.74, 6) is 0.473. The first kappa shape index (κ1) is 10.9. The lowest BCUT2D eigenvalue weighted by Crippen LogP contribution is -2.28. The van der Waals surface area contributed by atoms with Gasteiger partial charge in [0.1, 0.15) is 5.78 Å². The van der Waals surface area contributed by atoms with Crippen LogP contribution in [0.2, 0.25) is 0 Å². The Hall–Kier alpha value is -0.630. The fourth-order valence-electron chi connectivity index (χ4n) is 2.65. The third kappa shape index (κ3) is 2.15. The summed E-state index contributed by atoms with van der Waals surface area (Å²) in [6, 6.07) is 2.07. The van der Waals surface area contributed by atoms with Crippen LogP contribution in [0.15, 0.2) is 16.8 Å². The molecule has 1 saturated carbocycles. The quantitative estimate of drug-likeness (QED) is 0.756. The predicted octanol–water partition coefficient (Wildman–Crippen LogP) is 3.83. The second-order valence-electron chi connectivity index (χ2n) is 4.57. The van der Waals surface area contributed by atoms with E-state index in [2.05, 4.69) is 23.8 Å². The summed E-state index contributed by atoms with van der Waals surface area (Å²) in [7, 11) is 0. The average molecular weight is 222 g/mol. The lowest BCUT2D eigenvalue weighted by Gasteiger charge is -2.25. The van der Waals surface area contributed by atoms with Crippen molar-refractivity contribution >= 4 is 17.1 Å². The first-order valence-electron chi connectivity index (χ1n) is 5.81. The van der Waals surface area contributed by atoms with E-state index in [1.54, 1.807) is 11.3 Å². The second kappa shape index (κ2) is 4.48. The number of hydrogen-bond donors (Lipinski definition) is 0. The first-order valence-corrected chi connectivity index (χ1v) is 6.75. The normalized spacial score (nSPS) is 19.3. The van der Waals surface area contributed by atoms with Crippen molar-refractivity contribution in [3.05, 3.63) is 22.4 Å². The predicted molar refractivity (Wildman–Crippen MR) is 64.2 cm³/mol. The molecule has 0 N–H and O–H groups in total. The molecule has 1 aliphatic rings. The van der Waals surface area contributed by atoms with E-state index in [0.717, 1.165) is 19.3 Å². The molecule has 2 rings (SSSR count). The minimum atomic E-state index is 0.0297. The summed E-state index contributed by atoms with van der Waals surface area (Å²) >= 11 is 1.68. The van der Waals surface area contributed by atoms with Crippen LogP contribution in [0.3, 0.4) is 0 Å². The minimum absolute atomic E-state index is 0.0297. The molecule has 1 nitrogen and oxygen atoms in total. The van der Waals surface area contributed by atoms with Crippen LogP contribution in [0.1, 0.15) is 44.6 Å². The van der Waals surface area contributed by atoms with Crippen molar-refractivity contribution in [2.45, 2.75) is 45.4 Å². The smallest absolute Gasteiger partial charge is 0.143 e. The Balaban J connectivity index is 2.06. The molecule has 15 heavy (non-hydrogen) atoms. The van der Waals surface area contributed by atoms with E-state index < -0.39 is 0 Å². The zero-order valence-electron chi connectivity index (χ0n) is 9.29. The molecule has 0 saturated heterocycles. The maximum absolute atomic E-state index is 12.3. The Morgan fingerprint density at radius 3 is 2.73 bits per heavy atom. The Kier molecular flexibility index (Phi) is 3.25. The van der Waals surface area contributed by atoms with E-state index in [1.165, 1.54) is 18.4 Å². The Morgan fingerprint density at radius 2 is 2.20 bits per heavy atom. The third-order valence-electron chi connectivity index (χ3n) is 3.77. The average Bonchev–Trinajstić information content (AvgIpc) is 2.87. The van der Waals surface area contributed by atoms with E-state index in [1.807, 2.05) is 0 Å². The maximum Gasteiger partial charge on any atom is 0.143 e. The van der Waals surface area contributed by atoms with Crippen molar-refractivity contribution in [3.8, 4) is 0 Å². The minimum Gasteiger partial charge on any atom is -0.299 e. The zero-order chi connectivity index (χ0) is 10.7. The topological polar surface area (TPSA) is 17.1 Å². The Labute approximate surface area is 95.5 Å². The fourth-order valence-corrected chi connectivity index (χ4v) is 3.32. The Morgan fingerprint density at radius 1 is 1.47 bits per heavy atom. The Bertz CT molecular complexity index is 320. The molecule has 0 amide bonds. The summed E-state index contributed by atoms with van der Waals surface area (Å²) < 4.78 is 0. The molecule has 0 radical (unpaired) electrons. The highest BCUT2D eigenvalue weighted by Gasteiger charge is 2.38. The van der Waals surface area contributed by atoms with Crippen LogP contribution in [-0.4, -0.2) is 5.78 Å². The molecule has 1 aromatic rings. The van der Waals surface area contributed by atoms with E-state index in [-0.39, 0.29) is 5.41 Å². The number of rotatable bonds is 4. The molecule has 0 bridgehead atoms. The van der Waals surface area contributed by atoms with Gasteiger partial charge in [0.05, 0.1) is 0 Å². The van der Waals surface area contributed by atoms with E-state index >= 15 is 0 Å². The number of hydrogen-bond acceptors (Lipinski definition) is 2. The van der Waals surface area contributed by atoms with Gasteiger partial charge in [0.25, 0.3) is 0 Å². The molecule has 0 aliphatic heterocycles. The van der Waals surface area contributed by atoms with Gasteiger partial charge in [0.15, 0.2) is 0 Å². The molecular formula is C13H18OS. The van der Waals surface area contributed by atoms with E-state index in [0.29, 0.717) is 12.2 Å². The summed E-state index contributed by atoms with van der Waals surface area (Å²) in [4.78, 5) is 12.3. The summed E-state index contributed by atoms with van der Waals surface area (Å²) in [5.41, 5.74) is 1.23. The maximum atomic E-state index is 12.3. The molecule has 1 aliphatic carbocycles. The van der Waals surface area contributed by atoms with Crippen molar-refractivity contribution in [2.75, 3.05) is 0 Å². The van der Waals surface area contributed by atoms with Crippen LogP contribution in [0.5, 0.6) is 0 Å². The van der Waals surface area contributed by atoms with Crippen LogP contribution in [0, 0.1) is 5.41 Å². The summed E-state index contributed by atoms with van der Waals surface area (Å²) in [6.07, 6.45) is 6.39. The highest BCUT2D eigenvalue weighted by Crippen LogP contribution is 2.42. The van der Waals surface area contributed by atoms with Crippen molar-refractivity contribution in [1.29, 1.82) is 0 Å². The van der Waals surface area contributed by atoms with Gasteiger partial charge in [-0.3, -0.25) is 4.79 Å². The van der Waals surface area contributed by atoms with Crippen molar-refractivity contribution < 1.29 is 4.79 Å². The number of thiophene rings is 1. The molecular weight excluding hydrogens is 204 g/mol. The zero-order valence-corrected chi connectivity index (χ0v) is 10.1. The van der Waals surface area contributed by atoms with E-state index in [4.69, 9.17) is 0 Å². The largest absolute Gasteiger partial charge is 0.299 e. The van der Waals surface area contributed by atoms with Gasteiger partial charge in [-0.15, -0.1) is 0 Å². The summed E-state index contributed by atoms with van der Waals surface area (Å²) in [6.45, 7) is 2.16. The third-order valence-corrected chi connectivity index (χ3v) is 4.51. The van der Waals surface area contributed by atoms with Crippen molar-refractivity contribution in [1.82, 2.24) is 0 Å². The summed E-state index contributed by atoms with van der Waals surface area (Å²) in [5, 5.41) is 4.14. The SMILES string of the molecule is CCC1(C(=O)Cc2ccsc2)CCCC1. The van der Waals surface area contributed by atoms with Gasteiger partial charge in [0.2, 0.25) is 0 Å². The molecule has 1 heterocycles. The fraction of sp³-hybridized carbons (Fsp3) is 0.615. The number of ketones is 1. The molecule has 1 fully saturated rings. The lowest BCUT2D eigenvalue weighted by molar-refractivity contribution is -0.128. The molecule has 82 valence electrons. The number of carbonyl (C=O) groups excluding carboxylic acids is 1. The van der Waals surface area contributed by atoms with Crippen molar-refractivity contribution in [3.63, 3.8) is 0 Å². The first-order chi connectivity index (χ1) is 7.27. The van der Waals surface area contributed by atoms with E-state index in [9.17, 15) is 4.79 Å². The van der Waals surface area contributed by atoms with Crippen LogP contribution in [-0.2, 0) is 11.2 Å². The second-order valence-corrected chi connectivity index (χ2v) is 5.35. The molecule has 0 spiro atoms. The number of carbonyl (C=O) groups is 1. The van der Waals surface area contributed by atoms with Gasteiger partial charge >= 0.3 is 0 Å².